The van der Waals surface area contributed by atoms with Gasteiger partial charge in [0, 0.05) is 12.2 Å². The molecule has 28 heavy (non-hydrogen) atoms. The number of carbonyl (C=O) groups is 2. The number of aromatic nitrogens is 2. The van der Waals surface area contributed by atoms with Gasteiger partial charge in [-0.3, -0.25) is 14.5 Å². The second-order valence-electron chi connectivity index (χ2n) is 5.61. The largest absolute Gasteiger partial charge is 0.468 e. The van der Waals surface area contributed by atoms with E-state index in [9.17, 15) is 27.2 Å². The van der Waals surface area contributed by atoms with Crippen LogP contribution in [0, 0.1) is 5.82 Å². The summed E-state index contributed by atoms with van der Waals surface area (Å²) in [5, 5.41) is 10.2. The Morgan fingerprint density at radius 1 is 1.21 bits per heavy atom. The van der Waals surface area contributed by atoms with Gasteiger partial charge in [-0.1, -0.05) is 11.3 Å². The van der Waals surface area contributed by atoms with Crippen LogP contribution >= 0.6 is 11.3 Å². The summed E-state index contributed by atoms with van der Waals surface area (Å²) in [5.74, 6) is -1.74. The van der Waals surface area contributed by atoms with Gasteiger partial charge < -0.3 is 10.1 Å². The third kappa shape index (κ3) is 7.19. The molecule has 12 heteroatoms. The molecule has 0 saturated heterocycles. The summed E-state index contributed by atoms with van der Waals surface area (Å²) < 4.78 is 54.8. The summed E-state index contributed by atoms with van der Waals surface area (Å²) in [6.07, 6.45) is -5.49. The van der Waals surface area contributed by atoms with Crippen LogP contribution in [-0.2, 0) is 16.1 Å². The summed E-state index contributed by atoms with van der Waals surface area (Å²) >= 11 is 0.876. The number of nitrogens with one attached hydrogen (secondary N) is 1. The molecule has 2 aromatic rings. The van der Waals surface area contributed by atoms with Crippen molar-refractivity contribution in [2.75, 3.05) is 25.5 Å². The van der Waals surface area contributed by atoms with Crippen molar-refractivity contribution >= 4 is 28.9 Å². The first-order valence-corrected chi connectivity index (χ1v) is 8.73. The zero-order valence-corrected chi connectivity index (χ0v) is 15.4. The van der Waals surface area contributed by atoms with E-state index < -0.39 is 36.8 Å². The number of halogens is 4. The highest BCUT2D eigenvalue weighted by Crippen LogP contribution is 2.21. The van der Waals surface area contributed by atoms with Crippen LogP contribution in [0.2, 0.25) is 0 Å². The molecule has 0 aliphatic carbocycles. The fourth-order valence-electron chi connectivity index (χ4n) is 2.06. The van der Waals surface area contributed by atoms with Crippen LogP contribution in [0.1, 0.15) is 21.2 Å². The third-order valence-electron chi connectivity index (χ3n) is 3.41. The summed E-state index contributed by atoms with van der Waals surface area (Å²) in [6.45, 7) is -0.898. The normalized spacial score (nSPS) is 11.5. The lowest BCUT2D eigenvalue weighted by Gasteiger charge is -2.20. The zero-order chi connectivity index (χ0) is 20.7. The van der Waals surface area contributed by atoms with Crippen molar-refractivity contribution in [2.24, 2.45) is 0 Å². The van der Waals surface area contributed by atoms with E-state index in [0.29, 0.717) is 5.69 Å². The van der Waals surface area contributed by atoms with Gasteiger partial charge in [0.15, 0.2) is 0 Å². The number of alkyl halides is 3. The number of esters is 1. The highest BCUT2D eigenvalue weighted by Gasteiger charge is 2.29. The van der Waals surface area contributed by atoms with Gasteiger partial charge in [0.05, 0.1) is 26.6 Å². The maximum absolute atomic E-state index is 12.9. The Labute approximate surface area is 161 Å². The lowest BCUT2D eigenvalue weighted by Crippen LogP contribution is -2.33. The van der Waals surface area contributed by atoms with Crippen molar-refractivity contribution in [3.63, 3.8) is 0 Å². The number of carbonyl (C=O) groups excluding carboxylic acids is 2. The van der Waals surface area contributed by atoms with Crippen LogP contribution in [0.4, 0.5) is 23.2 Å². The Hall–Kier alpha value is -2.60. The molecule has 0 unspecified atom stereocenters. The van der Waals surface area contributed by atoms with Crippen molar-refractivity contribution in [1.82, 2.24) is 15.1 Å². The third-order valence-corrected chi connectivity index (χ3v) is 4.32. The molecule has 0 saturated carbocycles. The Kier molecular flexibility index (Phi) is 7.40. The minimum absolute atomic E-state index is 0.0202. The van der Waals surface area contributed by atoms with Gasteiger partial charge in [0.1, 0.15) is 10.8 Å². The number of rotatable bonds is 8. The van der Waals surface area contributed by atoms with E-state index in [1.807, 2.05) is 0 Å². The number of nitrogens with zero attached hydrogens (tertiary/aromatic N) is 3. The van der Waals surface area contributed by atoms with Crippen LogP contribution in [0.5, 0.6) is 0 Å². The van der Waals surface area contributed by atoms with E-state index in [1.165, 1.54) is 29.2 Å². The van der Waals surface area contributed by atoms with E-state index in [1.54, 1.807) is 0 Å². The molecule has 1 heterocycles. The maximum Gasteiger partial charge on any atom is 0.390 e. The van der Waals surface area contributed by atoms with E-state index in [2.05, 4.69) is 20.3 Å². The Bertz CT molecular complexity index is 811. The average molecular weight is 420 g/mol. The standard InChI is InChI=1S/C16H16F4N4O3S/c1-27-13(25)9-24(7-6-16(18,19)20)8-12-22-23-15(28-12)14(26)21-11-4-2-10(17)3-5-11/h2-5H,6-9H2,1H3,(H,21,26). The summed E-state index contributed by atoms with van der Waals surface area (Å²) in [4.78, 5) is 24.8. The molecule has 1 aromatic carbocycles. The highest BCUT2D eigenvalue weighted by molar-refractivity contribution is 7.13. The van der Waals surface area contributed by atoms with Crippen LogP contribution in [0.25, 0.3) is 0 Å². The lowest BCUT2D eigenvalue weighted by atomic mass is 10.3. The maximum atomic E-state index is 12.9. The van der Waals surface area contributed by atoms with Gasteiger partial charge in [0.2, 0.25) is 5.01 Å². The molecular formula is C16H16F4N4O3S. The van der Waals surface area contributed by atoms with Crippen LogP contribution in [0.15, 0.2) is 24.3 Å². The van der Waals surface area contributed by atoms with Gasteiger partial charge >= 0.3 is 12.1 Å². The van der Waals surface area contributed by atoms with Gasteiger partial charge in [-0.2, -0.15) is 13.2 Å². The molecule has 1 N–H and O–H groups in total. The summed E-state index contributed by atoms with van der Waals surface area (Å²) in [7, 11) is 1.13. The van der Waals surface area contributed by atoms with Gasteiger partial charge in [-0.15, -0.1) is 10.2 Å². The molecule has 0 atom stereocenters. The fourth-order valence-corrected chi connectivity index (χ4v) is 2.84. The van der Waals surface area contributed by atoms with Crippen LogP contribution < -0.4 is 5.32 Å². The topological polar surface area (TPSA) is 84.4 Å². The minimum Gasteiger partial charge on any atom is -0.468 e. The number of hydrogen-bond acceptors (Lipinski definition) is 7. The van der Waals surface area contributed by atoms with Crippen molar-refractivity contribution in [3.05, 3.63) is 40.1 Å². The minimum atomic E-state index is -4.38. The van der Waals surface area contributed by atoms with Gasteiger partial charge in [0.25, 0.3) is 5.91 Å². The molecule has 2 rings (SSSR count). The first-order valence-electron chi connectivity index (χ1n) is 7.91. The van der Waals surface area contributed by atoms with E-state index in [4.69, 9.17) is 0 Å². The quantitative estimate of drug-likeness (QED) is 0.522. The first kappa shape index (κ1) is 21.7. The van der Waals surface area contributed by atoms with Crippen molar-refractivity contribution < 1.29 is 31.9 Å². The van der Waals surface area contributed by atoms with Crippen LogP contribution in [-0.4, -0.2) is 53.3 Å². The Morgan fingerprint density at radius 2 is 1.89 bits per heavy atom. The van der Waals surface area contributed by atoms with Crippen molar-refractivity contribution in [2.45, 2.75) is 19.1 Å². The molecule has 7 nitrogen and oxygen atoms in total. The number of anilines is 1. The highest BCUT2D eigenvalue weighted by atomic mass is 32.1. The second kappa shape index (κ2) is 9.55. The summed E-state index contributed by atoms with van der Waals surface area (Å²) in [6, 6.07) is 5.08. The van der Waals surface area contributed by atoms with Crippen LogP contribution in [0.3, 0.4) is 0 Å². The molecule has 0 aliphatic heterocycles. The number of methoxy groups -OCH3 is 1. The summed E-state index contributed by atoms with van der Waals surface area (Å²) in [5.41, 5.74) is 0.348. The van der Waals surface area contributed by atoms with Gasteiger partial charge in [-0.05, 0) is 24.3 Å². The molecule has 0 bridgehead atoms. The SMILES string of the molecule is COC(=O)CN(CCC(F)(F)F)Cc1nnc(C(=O)Nc2ccc(F)cc2)s1. The van der Waals surface area contributed by atoms with E-state index in [-0.39, 0.29) is 23.1 Å². The van der Waals surface area contributed by atoms with Crippen molar-refractivity contribution in [1.29, 1.82) is 0 Å². The average Bonchev–Trinajstić information content (AvgIpc) is 3.09. The Morgan fingerprint density at radius 3 is 2.50 bits per heavy atom. The van der Waals surface area contributed by atoms with Gasteiger partial charge in [-0.25, -0.2) is 4.39 Å². The molecule has 1 amide bonds. The predicted molar refractivity (Wildman–Crippen MR) is 92.2 cm³/mol. The number of hydrogen-bond donors (Lipinski definition) is 1. The van der Waals surface area contributed by atoms with E-state index >= 15 is 0 Å². The smallest absolute Gasteiger partial charge is 0.390 e. The molecular weight excluding hydrogens is 404 g/mol. The molecule has 0 radical (unpaired) electrons. The molecule has 0 fully saturated rings. The molecule has 0 aliphatic rings. The second-order valence-corrected chi connectivity index (χ2v) is 6.68. The number of amides is 1. The molecule has 152 valence electrons. The fraction of sp³-hybridized carbons (Fsp3) is 0.375. The van der Waals surface area contributed by atoms with E-state index in [0.717, 1.165) is 18.4 Å². The first-order chi connectivity index (χ1) is 13.2. The molecule has 1 aromatic heterocycles. The monoisotopic (exact) mass is 420 g/mol. The Balaban J connectivity index is 2.01. The predicted octanol–water partition coefficient (Wildman–Crippen LogP) is 2.86. The number of ether oxygens (including phenoxy) is 1. The lowest BCUT2D eigenvalue weighted by molar-refractivity contribution is -0.147. The number of benzene rings is 1. The van der Waals surface area contributed by atoms with Crippen molar-refractivity contribution in [3.8, 4) is 0 Å². The zero-order valence-electron chi connectivity index (χ0n) is 14.6. The molecule has 0 spiro atoms.